The van der Waals surface area contributed by atoms with E-state index in [0.29, 0.717) is 19.4 Å². The predicted molar refractivity (Wildman–Crippen MR) is 130 cm³/mol. The number of H-pyrrole nitrogens is 1. The molecule has 0 aliphatic carbocycles. The first-order chi connectivity index (χ1) is 15.8. The molecule has 0 saturated heterocycles. The van der Waals surface area contributed by atoms with E-state index in [2.05, 4.69) is 10.3 Å². The zero-order chi connectivity index (χ0) is 24.4. The van der Waals surface area contributed by atoms with E-state index < -0.39 is 17.3 Å². The third-order valence-electron chi connectivity index (χ3n) is 5.46. The zero-order valence-corrected chi connectivity index (χ0v) is 19.7. The molecule has 0 spiro atoms. The second-order valence-electron chi connectivity index (χ2n) is 8.12. The molecular formula is C24H35N5O4. The lowest BCUT2D eigenvalue weighted by molar-refractivity contribution is -0.121. The van der Waals surface area contributed by atoms with Crippen LogP contribution >= 0.6 is 0 Å². The molecule has 2 rings (SSSR count). The number of amides is 2. The highest BCUT2D eigenvalue weighted by molar-refractivity contribution is 5.96. The van der Waals surface area contributed by atoms with E-state index in [9.17, 15) is 19.2 Å². The van der Waals surface area contributed by atoms with Crippen molar-refractivity contribution >= 4 is 23.3 Å². The van der Waals surface area contributed by atoms with E-state index in [1.807, 2.05) is 44.2 Å². The second kappa shape index (κ2) is 12.6. The molecule has 180 valence electrons. The molecule has 0 bridgehead atoms. The molecule has 33 heavy (non-hydrogen) atoms. The summed E-state index contributed by atoms with van der Waals surface area (Å²) in [4.78, 5) is 54.1. The number of nitrogens with one attached hydrogen (secondary N) is 2. The first-order valence-corrected chi connectivity index (χ1v) is 11.5. The first kappa shape index (κ1) is 25.9. The maximum absolute atomic E-state index is 13.5. The highest BCUT2D eigenvalue weighted by atomic mass is 16.2. The number of nitrogens with zero attached hydrogens (tertiary/aromatic N) is 2. The zero-order valence-electron chi connectivity index (χ0n) is 19.7. The number of anilines is 2. The van der Waals surface area contributed by atoms with Crippen LogP contribution in [0.5, 0.6) is 0 Å². The van der Waals surface area contributed by atoms with Gasteiger partial charge in [0.2, 0.25) is 11.8 Å². The topological polar surface area (TPSA) is 130 Å². The van der Waals surface area contributed by atoms with Gasteiger partial charge in [0.15, 0.2) is 5.69 Å². The van der Waals surface area contributed by atoms with Crippen molar-refractivity contribution in [2.24, 2.45) is 0 Å². The van der Waals surface area contributed by atoms with Gasteiger partial charge in [-0.2, -0.15) is 0 Å². The van der Waals surface area contributed by atoms with Gasteiger partial charge in [-0.25, -0.2) is 4.79 Å². The summed E-state index contributed by atoms with van der Waals surface area (Å²) in [6.45, 7) is 6.06. The summed E-state index contributed by atoms with van der Waals surface area (Å²) in [6.07, 6.45) is 3.97. The Hall–Kier alpha value is -3.36. The molecule has 1 aromatic carbocycles. The average molecular weight is 458 g/mol. The maximum atomic E-state index is 13.5. The van der Waals surface area contributed by atoms with Gasteiger partial charge in [-0.05, 0) is 18.4 Å². The van der Waals surface area contributed by atoms with E-state index in [-0.39, 0.29) is 36.3 Å². The van der Waals surface area contributed by atoms with Gasteiger partial charge in [0.05, 0.1) is 12.5 Å². The van der Waals surface area contributed by atoms with Crippen molar-refractivity contribution < 1.29 is 9.59 Å². The smallest absolute Gasteiger partial charge is 0.330 e. The van der Waals surface area contributed by atoms with Gasteiger partial charge in [0.1, 0.15) is 5.82 Å². The predicted octanol–water partition coefficient (Wildman–Crippen LogP) is 2.71. The number of unbranched alkanes of at least 4 members (excludes halogenated alkanes) is 3. The molecule has 1 heterocycles. The van der Waals surface area contributed by atoms with E-state index in [1.165, 1.54) is 16.4 Å². The number of nitrogens with two attached hydrogens (primary N) is 1. The quantitative estimate of drug-likeness (QED) is 0.422. The minimum atomic E-state index is -0.689. The summed E-state index contributed by atoms with van der Waals surface area (Å²) in [7, 11) is 0. The lowest BCUT2D eigenvalue weighted by Crippen LogP contribution is -2.43. The molecule has 0 fully saturated rings. The number of rotatable bonds is 12. The lowest BCUT2D eigenvalue weighted by atomic mass is 10.0. The van der Waals surface area contributed by atoms with Crippen molar-refractivity contribution in [1.82, 2.24) is 14.9 Å². The van der Waals surface area contributed by atoms with E-state index in [4.69, 9.17) is 5.73 Å². The Labute approximate surface area is 194 Å². The van der Waals surface area contributed by atoms with Crippen molar-refractivity contribution in [3.8, 4) is 0 Å². The number of nitrogen functional groups attached to an aromatic ring is 1. The Morgan fingerprint density at radius 3 is 2.36 bits per heavy atom. The molecule has 9 heteroatoms. The van der Waals surface area contributed by atoms with Gasteiger partial charge in [-0.15, -0.1) is 0 Å². The van der Waals surface area contributed by atoms with Crippen molar-refractivity contribution in [3.05, 3.63) is 56.7 Å². The highest BCUT2D eigenvalue weighted by Crippen LogP contribution is 2.23. The fraction of sp³-hybridized carbons (Fsp3) is 0.500. The molecule has 4 N–H and O–H groups in total. The summed E-state index contributed by atoms with van der Waals surface area (Å²) >= 11 is 0. The minimum absolute atomic E-state index is 0.0126. The largest absolute Gasteiger partial charge is 0.383 e. The van der Waals surface area contributed by atoms with Crippen LogP contribution in [0.25, 0.3) is 0 Å². The molecule has 9 nitrogen and oxygen atoms in total. The van der Waals surface area contributed by atoms with Crippen LogP contribution in [0.2, 0.25) is 0 Å². The molecular weight excluding hydrogens is 422 g/mol. The van der Waals surface area contributed by atoms with Crippen molar-refractivity contribution in [3.63, 3.8) is 0 Å². The molecule has 1 unspecified atom stereocenters. The van der Waals surface area contributed by atoms with Crippen LogP contribution in [0.15, 0.2) is 39.9 Å². The molecule has 1 aromatic heterocycles. The van der Waals surface area contributed by atoms with Gasteiger partial charge in [0.25, 0.3) is 5.56 Å². The molecule has 2 aromatic rings. The Kier molecular flexibility index (Phi) is 9.90. The number of benzene rings is 1. The maximum Gasteiger partial charge on any atom is 0.330 e. The Bertz CT molecular complexity index is 1050. The Morgan fingerprint density at radius 1 is 1.09 bits per heavy atom. The fourth-order valence-electron chi connectivity index (χ4n) is 3.73. The highest BCUT2D eigenvalue weighted by Gasteiger charge is 2.27. The molecule has 0 saturated carbocycles. The van der Waals surface area contributed by atoms with Crippen molar-refractivity contribution in [1.29, 1.82) is 0 Å². The average Bonchev–Trinajstić information content (AvgIpc) is 2.77. The third-order valence-corrected chi connectivity index (χ3v) is 5.46. The number of aromatic nitrogens is 2. The molecule has 0 aliphatic rings. The van der Waals surface area contributed by atoms with Crippen molar-refractivity contribution in [2.45, 2.75) is 71.9 Å². The van der Waals surface area contributed by atoms with Crippen LogP contribution in [0.4, 0.5) is 11.5 Å². The minimum Gasteiger partial charge on any atom is -0.383 e. The number of hydrogen-bond donors (Lipinski definition) is 3. The van der Waals surface area contributed by atoms with Gasteiger partial charge in [-0.3, -0.25) is 23.9 Å². The number of aromatic amines is 1. The second-order valence-corrected chi connectivity index (χ2v) is 8.12. The van der Waals surface area contributed by atoms with E-state index in [0.717, 1.165) is 24.8 Å². The van der Waals surface area contributed by atoms with Gasteiger partial charge in [-0.1, -0.05) is 63.4 Å². The van der Waals surface area contributed by atoms with Crippen molar-refractivity contribution in [2.75, 3.05) is 17.2 Å². The standard InChI is InChI=1S/C24H35N5O4/c1-4-6-11-15-28(21-22(25)29(14-7-5-2)24(33)27-23(21)32)20(31)16-19(26-17(3)30)18-12-9-8-10-13-18/h8-10,12-13,19H,4-7,11,14-16,25H2,1-3H3,(H,26,30)(H,27,32,33). The summed E-state index contributed by atoms with van der Waals surface area (Å²) in [5, 5.41) is 2.82. The Balaban J connectivity index is 2.47. The van der Waals surface area contributed by atoms with E-state index in [1.54, 1.807) is 0 Å². The van der Waals surface area contributed by atoms with Crippen LogP contribution in [0.3, 0.4) is 0 Å². The monoisotopic (exact) mass is 457 g/mol. The van der Waals surface area contributed by atoms with Crippen LogP contribution in [0, 0.1) is 0 Å². The normalized spacial score (nSPS) is 11.7. The van der Waals surface area contributed by atoms with Crippen LogP contribution < -0.4 is 27.2 Å². The van der Waals surface area contributed by atoms with Crippen LogP contribution in [-0.4, -0.2) is 27.9 Å². The van der Waals surface area contributed by atoms with E-state index >= 15 is 0 Å². The molecule has 0 aliphatic heterocycles. The van der Waals surface area contributed by atoms with Gasteiger partial charge >= 0.3 is 5.69 Å². The van der Waals surface area contributed by atoms with Crippen LogP contribution in [0.1, 0.15) is 70.9 Å². The molecule has 0 radical (unpaired) electrons. The first-order valence-electron chi connectivity index (χ1n) is 11.5. The summed E-state index contributed by atoms with van der Waals surface area (Å²) in [5.74, 6) is -0.635. The number of hydrogen-bond acceptors (Lipinski definition) is 5. The third kappa shape index (κ3) is 7.06. The summed E-state index contributed by atoms with van der Waals surface area (Å²) in [6, 6.07) is 8.63. The summed E-state index contributed by atoms with van der Waals surface area (Å²) in [5.41, 5.74) is 5.76. The number of carbonyl (C=O) groups excluding carboxylic acids is 2. The lowest BCUT2D eigenvalue weighted by Gasteiger charge is -2.27. The molecule has 2 amide bonds. The van der Waals surface area contributed by atoms with Gasteiger partial charge < -0.3 is 16.0 Å². The fourth-order valence-corrected chi connectivity index (χ4v) is 3.73. The molecule has 1 atom stereocenters. The van der Waals surface area contributed by atoms with Crippen LogP contribution in [-0.2, 0) is 16.1 Å². The Morgan fingerprint density at radius 2 is 1.76 bits per heavy atom. The summed E-state index contributed by atoms with van der Waals surface area (Å²) < 4.78 is 1.31. The van der Waals surface area contributed by atoms with Gasteiger partial charge in [0, 0.05) is 20.0 Å². The SMILES string of the molecule is CCCCCN(C(=O)CC(NC(C)=O)c1ccccc1)c1c(N)n(CCCC)c(=O)[nH]c1=O. The number of carbonyl (C=O) groups is 2.